The van der Waals surface area contributed by atoms with E-state index in [2.05, 4.69) is 130 Å². The number of phenolic OH excluding ortho intramolecular Hbond substituents is 1. The van der Waals surface area contributed by atoms with Crippen molar-refractivity contribution in [2.75, 3.05) is 4.90 Å². The lowest BCUT2D eigenvalue weighted by Gasteiger charge is -2.28. The van der Waals surface area contributed by atoms with Gasteiger partial charge in [-0.25, -0.2) is 14.4 Å². The Kier molecular flexibility index (Phi) is 10.2. The van der Waals surface area contributed by atoms with Crippen molar-refractivity contribution < 1.29 is 9.50 Å². The lowest BCUT2D eigenvalue weighted by atomic mass is 9.85. The molecule has 0 saturated carbocycles. The highest BCUT2D eigenvalue weighted by Crippen LogP contribution is 2.41. The summed E-state index contributed by atoms with van der Waals surface area (Å²) in [5, 5.41) is 10.9. The van der Waals surface area contributed by atoms with Gasteiger partial charge in [-0.3, -0.25) is 4.90 Å². The number of rotatable bonds is 9. The van der Waals surface area contributed by atoms with Gasteiger partial charge >= 0.3 is 0 Å². The maximum Gasteiger partial charge on any atom is 0.138 e. The number of hydrogen-bond acceptors (Lipinski definition) is 4. The summed E-state index contributed by atoms with van der Waals surface area (Å²) in [5.74, 6) is 0.898. The van der Waals surface area contributed by atoms with Crippen LogP contribution in [0.3, 0.4) is 0 Å². The van der Waals surface area contributed by atoms with Crippen LogP contribution in [-0.2, 0) is 5.41 Å². The molecule has 5 heteroatoms. The molecule has 8 aromatic rings. The van der Waals surface area contributed by atoms with E-state index in [0.717, 1.165) is 56.3 Å². The van der Waals surface area contributed by atoms with Crippen molar-refractivity contribution >= 4 is 17.2 Å². The number of aromatic hydroxyl groups is 1. The van der Waals surface area contributed by atoms with Gasteiger partial charge in [0, 0.05) is 34.6 Å². The summed E-state index contributed by atoms with van der Waals surface area (Å²) >= 11 is 0. The molecule has 1 N–H and O–H groups in total. The number of phenols is 1. The molecule has 0 bridgehead atoms. The van der Waals surface area contributed by atoms with Gasteiger partial charge in [0.25, 0.3) is 0 Å². The second-order valence-corrected chi connectivity index (χ2v) is 15.5. The van der Waals surface area contributed by atoms with Crippen molar-refractivity contribution in [3.05, 3.63) is 205 Å². The lowest BCUT2D eigenvalue weighted by Crippen LogP contribution is -2.16. The fourth-order valence-corrected chi connectivity index (χ4v) is 7.25. The number of anilines is 3. The Bertz CT molecular complexity index is 2630. The molecule has 4 nitrogen and oxygen atoms in total. The second kappa shape index (κ2) is 15.7. The first kappa shape index (κ1) is 37.1. The maximum absolute atomic E-state index is 14.1. The normalized spacial score (nSPS) is 11.9. The molecule has 8 rings (SSSR count). The van der Waals surface area contributed by atoms with Crippen LogP contribution in [-0.4, -0.2) is 15.1 Å². The average molecular weight is 746 g/mol. The van der Waals surface area contributed by atoms with Gasteiger partial charge < -0.3 is 5.11 Å². The first-order chi connectivity index (χ1) is 27.6. The summed E-state index contributed by atoms with van der Waals surface area (Å²) in [7, 11) is 0. The number of aromatic nitrogens is 2. The summed E-state index contributed by atoms with van der Waals surface area (Å²) in [6.07, 6.45) is 1.88. The number of para-hydroxylation sites is 2. The van der Waals surface area contributed by atoms with E-state index in [1.54, 1.807) is 24.3 Å². The van der Waals surface area contributed by atoms with Gasteiger partial charge in [-0.2, -0.15) is 0 Å². The zero-order chi connectivity index (χ0) is 39.5. The van der Waals surface area contributed by atoms with Crippen LogP contribution in [0, 0.1) is 5.82 Å². The maximum atomic E-state index is 14.1. The van der Waals surface area contributed by atoms with Gasteiger partial charge in [-0.1, -0.05) is 125 Å². The van der Waals surface area contributed by atoms with Crippen molar-refractivity contribution in [1.82, 2.24) is 9.97 Å². The lowest BCUT2D eigenvalue weighted by molar-refractivity contribution is 0.477. The van der Waals surface area contributed by atoms with Gasteiger partial charge in [0.05, 0.1) is 11.4 Å². The molecule has 2 heterocycles. The van der Waals surface area contributed by atoms with Crippen LogP contribution in [0.15, 0.2) is 182 Å². The molecular formula is C52H44FN3O. The molecule has 0 aliphatic carbocycles. The van der Waals surface area contributed by atoms with Crippen molar-refractivity contribution in [3.63, 3.8) is 0 Å². The minimum atomic E-state index is -0.301. The Balaban J connectivity index is 1.26. The fraction of sp³-hybridized carbons (Fsp3) is 0.115. The standard InChI is InChI=1S/C52H44FN3O/c1-35(36-13-7-5-8-14-36)37-19-21-38(22-20-37)40-27-28-54-51(33-40)56(45-15-9-6-10-16-45)46-30-42(29-43(34-46)52(2,3)4)48-31-41(39-23-25-44(53)26-24-39)32-49(55-48)47-17-11-12-18-50(47)57/h5-35,57H,1-4H3. The molecule has 0 amide bonds. The molecule has 0 spiro atoms. The van der Waals surface area contributed by atoms with Gasteiger partial charge in [0.15, 0.2) is 0 Å². The van der Waals surface area contributed by atoms with E-state index in [1.807, 2.05) is 48.7 Å². The molecule has 0 saturated heterocycles. The third-order valence-corrected chi connectivity index (χ3v) is 10.6. The van der Waals surface area contributed by atoms with Gasteiger partial charge in [-0.05, 0) is 123 Å². The van der Waals surface area contributed by atoms with Crippen molar-refractivity contribution in [1.29, 1.82) is 0 Å². The van der Waals surface area contributed by atoms with E-state index in [0.29, 0.717) is 11.3 Å². The summed E-state index contributed by atoms with van der Waals surface area (Å²) in [4.78, 5) is 12.3. The van der Waals surface area contributed by atoms with Crippen molar-refractivity contribution in [3.8, 4) is 50.5 Å². The summed E-state index contributed by atoms with van der Waals surface area (Å²) in [6, 6.07) is 58.2. The van der Waals surface area contributed by atoms with E-state index < -0.39 is 0 Å². The molecule has 2 aromatic heterocycles. The average Bonchev–Trinajstić information content (AvgIpc) is 3.24. The number of benzene rings is 6. The largest absolute Gasteiger partial charge is 0.507 e. The van der Waals surface area contributed by atoms with Gasteiger partial charge in [0.2, 0.25) is 0 Å². The molecule has 1 atom stereocenters. The van der Waals surface area contributed by atoms with E-state index in [9.17, 15) is 9.50 Å². The number of pyridine rings is 2. The molecule has 0 radical (unpaired) electrons. The third kappa shape index (κ3) is 8.10. The van der Waals surface area contributed by atoms with Crippen molar-refractivity contribution in [2.45, 2.75) is 39.0 Å². The van der Waals surface area contributed by atoms with Gasteiger partial charge in [-0.15, -0.1) is 0 Å². The Morgan fingerprint density at radius 1 is 0.544 bits per heavy atom. The molecule has 0 fully saturated rings. The highest BCUT2D eigenvalue weighted by molar-refractivity contribution is 5.83. The van der Waals surface area contributed by atoms with E-state index in [4.69, 9.17) is 9.97 Å². The quantitative estimate of drug-likeness (QED) is 0.160. The highest BCUT2D eigenvalue weighted by atomic mass is 19.1. The molecule has 0 aliphatic heterocycles. The van der Waals surface area contributed by atoms with Crippen LogP contribution in [0.2, 0.25) is 0 Å². The molecule has 1 unspecified atom stereocenters. The smallest absolute Gasteiger partial charge is 0.138 e. The first-order valence-corrected chi connectivity index (χ1v) is 19.3. The van der Waals surface area contributed by atoms with E-state index in [1.165, 1.54) is 23.3 Å². The number of hydrogen-bond donors (Lipinski definition) is 1. The monoisotopic (exact) mass is 745 g/mol. The molecule has 280 valence electrons. The Morgan fingerprint density at radius 2 is 1.16 bits per heavy atom. The van der Waals surface area contributed by atoms with Crippen LogP contribution in [0.5, 0.6) is 5.75 Å². The van der Waals surface area contributed by atoms with Crippen molar-refractivity contribution in [2.24, 2.45) is 0 Å². The minimum Gasteiger partial charge on any atom is -0.507 e. The fourth-order valence-electron chi connectivity index (χ4n) is 7.25. The number of nitrogens with zero attached hydrogens (tertiary/aromatic N) is 3. The third-order valence-electron chi connectivity index (χ3n) is 10.6. The van der Waals surface area contributed by atoms with Crippen LogP contribution in [0.25, 0.3) is 44.8 Å². The van der Waals surface area contributed by atoms with Crippen LogP contribution < -0.4 is 4.90 Å². The van der Waals surface area contributed by atoms with E-state index in [-0.39, 0.29) is 22.9 Å². The predicted octanol–water partition coefficient (Wildman–Crippen LogP) is 13.9. The highest BCUT2D eigenvalue weighted by Gasteiger charge is 2.22. The molecule has 57 heavy (non-hydrogen) atoms. The Labute approximate surface area is 334 Å². The predicted molar refractivity (Wildman–Crippen MR) is 233 cm³/mol. The summed E-state index contributed by atoms with van der Waals surface area (Å²) < 4.78 is 14.1. The second-order valence-electron chi connectivity index (χ2n) is 15.5. The first-order valence-electron chi connectivity index (χ1n) is 19.3. The zero-order valence-electron chi connectivity index (χ0n) is 32.6. The topological polar surface area (TPSA) is 49.2 Å². The van der Waals surface area contributed by atoms with Crippen LogP contribution in [0.1, 0.15) is 50.3 Å². The van der Waals surface area contributed by atoms with Crippen LogP contribution >= 0.6 is 0 Å². The molecule has 0 aliphatic rings. The Hall–Kier alpha value is -6.85. The molecule has 6 aromatic carbocycles. The van der Waals surface area contributed by atoms with E-state index >= 15 is 0 Å². The zero-order valence-corrected chi connectivity index (χ0v) is 32.6. The molecular weight excluding hydrogens is 702 g/mol. The number of halogens is 1. The minimum absolute atomic E-state index is 0.137. The van der Waals surface area contributed by atoms with Gasteiger partial charge in [0.1, 0.15) is 17.4 Å². The van der Waals surface area contributed by atoms with Crippen LogP contribution in [0.4, 0.5) is 21.6 Å². The summed E-state index contributed by atoms with van der Waals surface area (Å²) in [5.41, 5.74) is 12.1. The summed E-state index contributed by atoms with van der Waals surface area (Å²) in [6.45, 7) is 8.87. The Morgan fingerprint density at radius 3 is 1.86 bits per heavy atom. The SMILES string of the molecule is CC(c1ccccc1)c1ccc(-c2ccnc(N(c3ccccc3)c3cc(-c4cc(-c5ccc(F)cc5)cc(-c5ccccc5O)n4)cc(C(C)(C)C)c3)c2)cc1.